The average Bonchev–Trinajstić information content (AvgIpc) is 2.46. The number of carbonyl (C=O) groups is 2. The van der Waals surface area contributed by atoms with E-state index in [1.807, 2.05) is 0 Å². The Kier molecular flexibility index (Phi) is 5.26. The SMILES string of the molecule is CC(=O)N1CCN(C(=O)/C=C/c2ccc(Cl)cc2Cl)CC1. The van der Waals surface area contributed by atoms with Crippen LogP contribution >= 0.6 is 23.2 Å². The number of halogens is 2. The van der Waals surface area contributed by atoms with E-state index in [1.165, 1.54) is 6.08 Å². The smallest absolute Gasteiger partial charge is 0.246 e. The fourth-order valence-corrected chi connectivity index (χ4v) is 2.62. The van der Waals surface area contributed by atoms with Crippen molar-refractivity contribution < 1.29 is 9.59 Å². The molecule has 0 saturated carbocycles. The minimum absolute atomic E-state index is 0.0468. The normalized spacial score (nSPS) is 15.6. The van der Waals surface area contributed by atoms with Crippen LogP contribution in [0.5, 0.6) is 0 Å². The lowest BCUT2D eigenvalue weighted by molar-refractivity contribution is -0.135. The van der Waals surface area contributed by atoms with Crippen LogP contribution in [-0.2, 0) is 9.59 Å². The van der Waals surface area contributed by atoms with Crippen LogP contribution < -0.4 is 0 Å². The van der Waals surface area contributed by atoms with Gasteiger partial charge in [-0.15, -0.1) is 0 Å². The molecule has 2 rings (SSSR count). The summed E-state index contributed by atoms with van der Waals surface area (Å²) >= 11 is 11.9. The van der Waals surface area contributed by atoms with Crippen LogP contribution in [-0.4, -0.2) is 47.8 Å². The third-order valence-corrected chi connectivity index (χ3v) is 3.97. The van der Waals surface area contributed by atoms with Gasteiger partial charge < -0.3 is 9.80 Å². The Balaban J connectivity index is 1.95. The second-order valence-corrected chi connectivity index (χ2v) is 5.67. The first-order valence-corrected chi connectivity index (χ1v) is 7.40. The minimum atomic E-state index is -0.0794. The van der Waals surface area contributed by atoms with Crippen molar-refractivity contribution in [3.63, 3.8) is 0 Å². The van der Waals surface area contributed by atoms with E-state index >= 15 is 0 Å². The van der Waals surface area contributed by atoms with E-state index in [0.29, 0.717) is 36.2 Å². The van der Waals surface area contributed by atoms with Gasteiger partial charge in [0.25, 0.3) is 0 Å². The molecular formula is C15H16Cl2N2O2. The third kappa shape index (κ3) is 4.22. The molecule has 1 aromatic rings. The van der Waals surface area contributed by atoms with E-state index in [0.717, 1.165) is 5.56 Å². The van der Waals surface area contributed by atoms with Gasteiger partial charge in [0.1, 0.15) is 0 Å². The van der Waals surface area contributed by atoms with Crippen LogP contribution in [0.25, 0.3) is 6.08 Å². The van der Waals surface area contributed by atoms with E-state index in [1.54, 1.807) is 41.0 Å². The maximum absolute atomic E-state index is 12.1. The van der Waals surface area contributed by atoms with Crippen molar-refractivity contribution in [3.8, 4) is 0 Å². The van der Waals surface area contributed by atoms with Crippen LogP contribution in [0.15, 0.2) is 24.3 Å². The highest BCUT2D eigenvalue weighted by Crippen LogP contribution is 2.22. The molecule has 2 amide bonds. The van der Waals surface area contributed by atoms with Gasteiger partial charge in [-0.1, -0.05) is 29.3 Å². The van der Waals surface area contributed by atoms with Crippen LogP contribution in [0.1, 0.15) is 12.5 Å². The zero-order valence-corrected chi connectivity index (χ0v) is 13.2. The van der Waals surface area contributed by atoms with Crippen molar-refractivity contribution >= 4 is 41.1 Å². The molecule has 0 spiro atoms. The first-order valence-electron chi connectivity index (χ1n) is 6.65. The van der Waals surface area contributed by atoms with Crippen LogP contribution in [0.4, 0.5) is 0 Å². The zero-order valence-electron chi connectivity index (χ0n) is 11.7. The molecule has 112 valence electrons. The molecular weight excluding hydrogens is 311 g/mol. The Labute approximate surface area is 133 Å². The molecule has 6 heteroatoms. The number of rotatable bonds is 2. The highest BCUT2D eigenvalue weighted by molar-refractivity contribution is 6.35. The topological polar surface area (TPSA) is 40.6 Å². The van der Waals surface area contributed by atoms with Crippen molar-refractivity contribution in [2.75, 3.05) is 26.2 Å². The zero-order chi connectivity index (χ0) is 15.4. The van der Waals surface area contributed by atoms with Gasteiger partial charge in [-0.3, -0.25) is 9.59 Å². The summed E-state index contributed by atoms with van der Waals surface area (Å²) in [6.07, 6.45) is 3.18. The third-order valence-electron chi connectivity index (χ3n) is 3.40. The average molecular weight is 327 g/mol. The summed E-state index contributed by atoms with van der Waals surface area (Å²) < 4.78 is 0. The van der Waals surface area contributed by atoms with Gasteiger partial charge in [-0.2, -0.15) is 0 Å². The summed E-state index contributed by atoms with van der Waals surface area (Å²) in [5.41, 5.74) is 0.747. The number of carbonyl (C=O) groups excluding carboxylic acids is 2. The Bertz CT molecular complexity index is 579. The Hall–Kier alpha value is -1.52. The Morgan fingerprint density at radius 2 is 1.71 bits per heavy atom. The molecule has 0 aliphatic carbocycles. The lowest BCUT2D eigenvalue weighted by Crippen LogP contribution is -2.49. The predicted octanol–water partition coefficient (Wildman–Crippen LogP) is 2.70. The molecule has 0 bridgehead atoms. The number of nitrogens with zero attached hydrogens (tertiary/aromatic N) is 2. The lowest BCUT2D eigenvalue weighted by Gasteiger charge is -2.33. The molecule has 4 nitrogen and oxygen atoms in total. The Morgan fingerprint density at radius 1 is 1.10 bits per heavy atom. The molecule has 0 unspecified atom stereocenters. The van der Waals surface area contributed by atoms with E-state index < -0.39 is 0 Å². The highest BCUT2D eigenvalue weighted by atomic mass is 35.5. The second-order valence-electron chi connectivity index (χ2n) is 4.83. The highest BCUT2D eigenvalue weighted by Gasteiger charge is 2.20. The fourth-order valence-electron chi connectivity index (χ4n) is 2.14. The van der Waals surface area contributed by atoms with Gasteiger partial charge in [0.15, 0.2) is 0 Å². The molecule has 0 radical (unpaired) electrons. The van der Waals surface area contributed by atoms with Gasteiger partial charge >= 0.3 is 0 Å². The molecule has 1 aliphatic rings. The number of hydrogen-bond acceptors (Lipinski definition) is 2. The standard InChI is InChI=1S/C15H16Cl2N2O2/c1-11(20)18-6-8-19(9-7-18)15(21)5-3-12-2-4-13(16)10-14(12)17/h2-5,10H,6-9H2,1H3/b5-3+. The van der Waals surface area contributed by atoms with Crippen LogP contribution in [0.2, 0.25) is 10.0 Å². The molecule has 1 fully saturated rings. The van der Waals surface area contributed by atoms with Crippen LogP contribution in [0, 0.1) is 0 Å². The predicted molar refractivity (Wildman–Crippen MR) is 84.3 cm³/mol. The van der Waals surface area contributed by atoms with E-state index in [-0.39, 0.29) is 11.8 Å². The van der Waals surface area contributed by atoms with Gasteiger partial charge in [0.2, 0.25) is 11.8 Å². The van der Waals surface area contributed by atoms with Crippen molar-refractivity contribution in [2.24, 2.45) is 0 Å². The number of hydrogen-bond donors (Lipinski definition) is 0. The van der Waals surface area contributed by atoms with Crippen LogP contribution in [0.3, 0.4) is 0 Å². The lowest BCUT2D eigenvalue weighted by atomic mass is 10.2. The largest absolute Gasteiger partial charge is 0.339 e. The molecule has 1 aliphatic heterocycles. The summed E-state index contributed by atoms with van der Waals surface area (Å²) in [5.74, 6) is -0.0326. The minimum Gasteiger partial charge on any atom is -0.339 e. The summed E-state index contributed by atoms with van der Waals surface area (Å²) in [4.78, 5) is 26.8. The summed E-state index contributed by atoms with van der Waals surface area (Å²) in [7, 11) is 0. The molecule has 21 heavy (non-hydrogen) atoms. The summed E-state index contributed by atoms with van der Waals surface area (Å²) in [6, 6.07) is 5.13. The second kappa shape index (κ2) is 6.96. The van der Waals surface area contributed by atoms with Crippen molar-refractivity contribution in [1.29, 1.82) is 0 Å². The first kappa shape index (κ1) is 15.9. The monoisotopic (exact) mass is 326 g/mol. The molecule has 1 heterocycles. The Morgan fingerprint density at radius 3 is 2.29 bits per heavy atom. The van der Waals surface area contributed by atoms with Gasteiger partial charge in [0.05, 0.1) is 0 Å². The molecule has 1 aromatic carbocycles. The summed E-state index contributed by atoms with van der Waals surface area (Å²) in [5, 5.41) is 1.07. The molecule has 1 saturated heterocycles. The van der Waals surface area contributed by atoms with Crippen molar-refractivity contribution in [2.45, 2.75) is 6.92 Å². The van der Waals surface area contributed by atoms with Crippen molar-refractivity contribution in [1.82, 2.24) is 9.80 Å². The quantitative estimate of drug-likeness (QED) is 0.784. The maximum Gasteiger partial charge on any atom is 0.246 e. The van der Waals surface area contributed by atoms with Gasteiger partial charge in [-0.05, 0) is 23.8 Å². The van der Waals surface area contributed by atoms with Gasteiger partial charge in [0, 0.05) is 49.2 Å². The van der Waals surface area contributed by atoms with E-state index in [2.05, 4.69) is 0 Å². The molecule has 0 aromatic heterocycles. The van der Waals surface area contributed by atoms with Gasteiger partial charge in [-0.25, -0.2) is 0 Å². The molecule has 0 N–H and O–H groups in total. The number of benzene rings is 1. The number of amides is 2. The molecule has 0 atom stereocenters. The fraction of sp³-hybridized carbons (Fsp3) is 0.333. The van der Waals surface area contributed by atoms with E-state index in [4.69, 9.17) is 23.2 Å². The summed E-state index contributed by atoms with van der Waals surface area (Å²) in [6.45, 7) is 3.81. The first-order chi connectivity index (χ1) is 9.97. The number of piperazine rings is 1. The van der Waals surface area contributed by atoms with Crippen molar-refractivity contribution in [3.05, 3.63) is 39.9 Å². The maximum atomic E-state index is 12.1. The van der Waals surface area contributed by atoms with E-state index in [9.17, 15) is 9.59 Å².